The number of pyridine rings is 1. The van der Waals surface area contributed by atoms with Crippen LogP contribution in [0.3, 0.4) is 0 Å². The van der Waals surface area contributed by atoms with Gasteiger partial charge in [0, 0.05) is 6.20 Å². The minimum absolute atomic E-state index is 0.745. The first-order chi connectivity index (χ1) is 5.88. The maximum Gasteiger partial charge on any atom is 0.150 e. The van der Waals surface area contributed by atoms with Crippen molar-refractivity contribution >= 4 is 0 Å². The third-order valence-corrected chi connectivity index (χ3v) is 1.64. The minimum Gasteiger partial charge on any atom is -0.491 e. The molecule has 1 radical (unpaired) electrons. The Bertz CT molecular complexity index is 235. The molecule has 65 valence electrons. The fourth-order valence-corrected chi connectivity index (χ4v) is 0.978. The van der Waals surface area contributed by atoms with Crippen molar-refractivity contribution in [1.82, 2.24) is 4.98 Å². The molecule has 0 saturated carbocycles. The van der Waals surface area contributed by atoms with E-state index < -0.39 is 0 Å². The fraction of sp³-hybridized carbons (Fsp3) is 0.500. The van der Waals surface area contributed by atoms with E-state index in [1.807, 2.05) is 6.07 Å². The van der Waals surface area contributed by atoms with Gasteiger partial charge in [-0.05, 0) is 24.5 Å². The third-order valence-electron chi connectivity index (χ3n) is 1.64. The van der Waals surface area contributed by atoms with Gasteiger partial charge in [-0.2, -0.15) is 0 Å². The van der Waals surface area contributed by atoms with E-state index in [-0.39, 0.29) is 0 Å². The molecule has 0 N–H and O–H groups in total. The molecule has 2 nitrogen and oxygen atoms in total. The van der Waals surface area contributed by atoms with Gasteiger partial charge in [0.2, 0.25) is 0 Å². The highest BCUT2D eigenvalue weighted by atomic mass is 16.5. The standard InChI is InChI=1S/C10H14NO/c1-3-7-12-10-8-11-6-5-9(10)4-2/h5-6H,3-4,7H2,1-2H3. The summed E-state index contributed by atoms with van der Waals surface area (Å²) in [7, 11) is 0. The molecule has 12 heavy (non-hydrogen) atoms. The molecule has 0 amide bonds. The zero-order valence-electron chi connectivity index (χ0n) is 7.63. The molecule has 0 aliphatic carbocycles. The number of hydrogen-bond donors (Lipinski definition) is 0. The lowest BCUT2D eigenvalue weighted by Gasteiger charge is -2.06. The number of rotatable bonds is 4. The van der Waals surface area contributed by atoms with Gasteiger partial charge in [-0.1, -0.05) is 13.8 Å². The van der Waals surface area contributed by atoms with Crippen LogP contribution < -0.4 is 4.74 Å². The van der Waals surface area contributed by atoms with Gasteiger partial charge in [0.25, 0.3) is 0 Å². The van der Waals surface area contributed by atoms with Crippen molar-refractivity contribution in [3.05, 3.63) is 24.0 Å². The molecular weight excluding hydrogens is 150 g/mol. The van der Waals surface area contributed by atoms with E-state index in [2.05, 4.69) is 25.0 Å². The van der Waals surface area contributed by atoms with E-state index in [1.165, 1.54) is 5.56 Å². The van der Waals surface area contributed by atoms with E-state index in [1.54, 1.807) is 6.20 Å². The summed E-state index contributed by atoms with van der Waals surface area (Å²) in [4.78, 5) is 3.90. The quantitative estimate of drug-likeness (QED) is 0.680. The van der Waals surface area contributed by atoms with Crippen molar-refractivity contribution in [3.8, 4) is 5.75 Å². The molecule has 0 fully saturated rings. The molecule has 0 unspecified atom stereocenters. The summed E-state index contributed by atoms with van der Waals surface area (Å²) in [6.07, 6.45) is 6.59. The van der Waals surface area contributed by atoms with Gasteiger partial charge in [-0.25, -0.2) is 0 Å². The highest BCUT2D eigenvalue weighted by Gasteiger charge is 2.00. The van der Waals surface area contributed by atoms with Crippen molar-refractivity contribution < 1.29 is 4.74 Å². The molecule has 0 saturated heterocycles. The second-order valence-electron chi connectivity index (χ2n) is 2.61. The van der Waals surface area contributed by atoms with Crippen LogP contribution in [0.2, 0.25) is 0 Å². The van der Waals surface area contributed by atoms with Crippen molar-refractivity contribution in [2.24, 2.45) is 0 Å². The summed E-state index contributed by atoms with van der Waals surface area (Å²) in [6.45, 7) is 4.93. The first-order valence-corrected chi connectivity index (χ1v) is 4.36. The van der Waals surface area contributed by atoms with E-state index in [0.29, 0.717) is 0 Å². The Labute approximate surface area is 73.6 Å². The van der Waals surface area contributed by atoms with E-state index >= 15 is 0 Å². The molecule has 0 atom stereocenters. The van der Waals surface area contributed by atoms with Crippen LogP contribution in [0.5, 0.6) is 5.75 Å². The Morgan fingerprint density at radius 2 is 2.33 bits per heavy atom. The number of aryl methyl sites for hydroxylation is 1. The monoisotopic (exact) mass is 164 g/mol. The topological polar surface area (TPSA) is 22.1 Å². The Hall–Kier alpha value is -1.05. The van der Waals surface area contributed by atoms with Crippen LogP contribution in [0.1, 0.15) is 25.8 Å². The molecule has 0 spiro atoms. The van der Waals surface area contributed by atoms with Crippen LogP contribution in [0.15, 0.2) is 12.3 Å². The third kappa shape index (κ3) is 2.22. The fourth-order valence-electron chi connectivity index (χ4n) is 0.978. The van der Waals surface area contributed by atoms with Crippen LogP contribution in [-0.4, -0.2) is 11.6 Å². The number of aromatic nitrogens is 1. The van der Waals surface area contributed by atoms with Crippen molar-refractivity contribution in [2.45, 2.75) is 26.7 Å². The highest BCUT2D eigenvalue weighted by Crippen LogP contribution is 2.15. The lowest BCUT2D eigenvalue weighted by atomic mass is 10.2. The summed E-state index contributed by atoms with van der Waals surface area (Å²) < 4.78 is 5.46. The van der Waals surface area contributed by atoms with Gasteiger partial charge < -0.3 is 4.74 Å². The van der Waals surface area contributed by atoms with E-state index in [9.17, 15) is 0 Å². The van der Waals surface area contributed by atoms with Gasteiger partial charge in [-0.15, -0.1) is 0 Å². The molecule has 1 aromatic heterocycles. The molecular formula is C10H14NO. The SMILES string of the molecule is CCCOc1[c]nccc1CC. The molecule has 2 heteroatoms. The van der Waals surface area contributed by atoms with Gasteiger partial charge in [0.15, 0.2) is 0 Å². The molecule has 1 heterocycles. The maximum absolute atomic E-state index is 5.46. The second-order valence-corrected chi connectivity index (χ2v) is 2.61. The molecule has 1 aromatic rings. The lowest BCUT2D eigenvalue weighted by Crippen LogP contribution is -1.98. The zero-order chi connectivity index (χ0) is 8.81. The Morgan fingerprint density at radius 3 is 3.00 bits per heavy atom. The smallest absolute Gasteiger partial charge is 0.150 e. The number of hydrogen-bond acceptors (Lipinski definition) is 2. The molecule has 0 aliphatic rings. The van der Waals surface area contributed by atoms with Crippen LogP contribution in [0.4, 0.5) is 0 Å². The van der Waals surface area contributed by atoms with E-state index in [0.717, 1.165) is 25.2 Å². The second kappa shape index (κ2) is 4.75. The first-order valence-electron chi connectivity index (χ1n) is 4.36. The van der Waals surface area contributed by atoms with Crippen molar-refractivity contribution in [1.29, 1.82) is 0 Å². The molecule has 0 bridgehead atoms. The predicted octanol–water partition coefficient (Wildman–Crippen LogP) is 2.23. The van der Waals surface area contributed by atoms with Crippen LogP contribution in [0, 0.1) is 6.20 Å². The normalized spacial score (nSPS) is 9.83. The Kier molecular flexibility index (Phi) is 3.58. The highest BCUT2D eigenvalue weighted by molar-refractivity contribution is 5.28. The van der Waals surface area contributed by atoms with Crippen LogP contribution in [-0.2, 0) is 6.42 Å². The minimum atomic E-state index is 0.745. The largest absolute Gasteiger partial charge is 0.491 e. The van der Waals surface area contributed by atoms with Crippen molar-refractivity contribution in [3.63, 3.8) is 0 Å². The Morgan fingerprint density at radius 1 is 1.50 bits per heavy atom. The molecule has 0 aliphatic heterocycles. The van der Waals surface area contributed by atoms with Gasteiger partial charge in [-0.3, -0.25) is 4.98 Å². The number of nitrogens with zero attached hydrogens (tertiary/aromatic N) is 1. The van der Waals surface area contributed by atoms with E-state index in [4.69, 9.17) is 4.74 Å². The summed E-state index contributed by atoms with van der Waals surface area (Å²) in [5, 5.41) is 0. The molecule has 1 rings (SSSR count). The van der Waals surface area contributed by atoms with Gasteiger partial charge in [0.1, 0.15) is 11.9 Å². The summed E-state index contributed by atoms with van der Waals surface area (Å²) in [5.41, 5.74) is 1.18. The van der Waals surface area contributed by atoms with Crippen molar-refractivity contribution in [2.75, 3.05) is 6.61 Å². The summed E-state index contributed by atoms with van der Waals surface area (Å²) in [5.74, 6) is 0.807. The summed E-state index contributed by atoms with van der Waals surface area (Å²) >= 11 is 0. The predicted molar refractivity (Wildman–Crippen MR) is 48.2 cm³/mol. The molecule has 0 aromatic carbocycles. The van der Waals surface area contributed by atoms with Crippen LogP contribution >= 0.6 is 0 Å². The summed E-state index contributed by atoms with van der Waals surface area (Å²) in [6, 6.07) is 1.97. The van der Waals surface area contributed by atoms with Crippen LogP contribution in [0.25, 0.3) is 0 Å². The Balaban J connectivity index is 2.68. The zero-order valence-corrected chi connectivity index (χ0v) is 7.63. The average molecular weight is 164 g/mol. The number of ether oxygens (including phenoxy) is 1. The average Bonchev–Trinajstić information content (AvgIpc) is 2.15. The van der Waals surface area contributed by atoms with Gasteiger partial charge in [0.05, 0.1) is 6.61 Å². The lowest BCUT2D eigenvalue weighted by molar-refractivity contribution is 0.312. The van der Waals surface area contributed by atoms with Gasteiger partial charge >= 0.3 is 0 Å². The first kappa shape index (κ1) is 9.04. The maximum atomic E-state index is 5.46.